The molecule has 1 aliphatic heterocycles. The zero-order valence-corrected chi connectivity index (χ0v) is 17.2. The van der Waals surface area contributed by atoms with Crippen LogP contribution in [0.25, 0.3) is 0 Å². The van der Waals surface area contributed by atoms with Gasteiger partial charge in [0.15, 0.2) is 0 Å². The van der Waals surface area contributed by atoms with Crippen molar-refractivity contribution >= 4 is 18.3 Å². The van der Waals surface area contributed by atoms with Gasteiger partial charge in [0, 0.05) is 25.0 Å². The lowest BCUT2D eigenvalue weighted by Gasteiger charge is -2.37. The largest absolute Gasteiger partial charge is 0.342 e. The Morgan fingerprint density at radius 3 is 2.16 bits per heavy atom. The van der Waals surface area contributed by atoms with E-state index in [0.717, 1.165) is 44.2 Å². The second-order valence-electron chi connectivity index (χ2n) is 9.04. The Labute approximate surface area is 161 Å². The predicted molar refractivity (Wildman–Crippen MR) is 107 cm³/mol. The molecule has 0 spiro atoms. The molecule has 3 nitrogen and oxygen atoms in total. The van der Waals surface area contributed by atoms with Gasteiger partial charge in [-0.2, -0.15) is 0 Å². The maximum atomic E-state index is 13.1. The number of carbonyl (C=O) groups is 1. The number of carbonyl (C=O) groups excluding carboxylic acids is 1. The average Bonchev–Trinajstić information content (AvgIpc) is 3.43. The molecule has 3 aliphatic rings. The number of hydrogen-bond acceptors (Lipinski definition) is 2. The van der Waals surface area contributed by atoms with Crippen LogP contribution in [0.1, 0.15) is 78.1 Å². The van der Waals surface area contributed by atoms with E-state index in [2.05, 4.69) is 24.1 Å². The van der Waals surface area contributed by atoms with Crippen LogP contribution in [0.4, 0.5) is 0 Å². The van der Waals surface area contributed by atoms with Gasteiger partial charge in [-0.25, -0.2) is 0 Å². The lowest BCUT2D eigenvalue weighted by atomic mass is 9.78. The first-order chi connectivity index (χ1) is 11.6. The molecule has 2 saturated carbocycles. The standard InChI is InChI=1S/C21H38N2O.ClH/c1-16(2)20(14-17-6-4-3-5-7-17)21(24)23-12-10-19(11-13-23)22-15-18-8-9-18;/h16-20,22H,3-15H2,1-2H3;1H. The minimum absolute atomic E-state index is 0. The lowest BCUT2D eigenvalue weighted by molar-refractivity contribution is -0.139. The van der Waals surface area contributed by atoms with Crippen molar-refractivity contribution in [2.75, 3.05) is 19.6 Å². The fourth-order valence-corrected chi connectivity index (χ4v) is 4.63. The van der Waals surface area contributed by atoms with Crippen molar-refractivity contribution in [1.29, 1.82) is 0 Å². The summed E-state index contributed by atoms with van der Waals surface area (Å²) in [5.41, 5.74) is 0. The van der Waals surface area contributed by atoms with Crippen LogP contribution in [0.15, 0.2) is 0 Å². The second kappa shape index (κ2) is 10.2. The van der Waals surface area contributed by atoms with Crippen molar-refractivity contribution in [3.8, 4) is 0 Å². The van der Waals surface area contributed by atoms with Gasteiger partial charge >= 0.3 is 0 Å². The van der Waals surface area contributed by atoms with Gasteiger partial charge in [0.05, 0.1) is 0 Å². The van der Waals surface area contributed by atoms with Crippen LogP contribution in [0.5, 0.6) is 0 Å². The molecule has 3 fully saturated rings. The van der Waals surface area contributed by atoms with Crippen molar-refractivity contribution < 1.29 is 4.79 Å². The highest BCUT2D eigenvalue weighted by molar-refractivity contribution is 5.85. The molecule has 0 radical (unpaired) electrons. The zero-order chi connectivity index (χ0) is 16.9. The summed E-state index contributed by atoms with van der Waals surface area (Å²) in [6, 6.07) is 0.644. The van der Waals surface area contributed by atoms with E-state index < -0.39 is 0 Å². The lowest BCUT2D eigenvalue weighted by Crippen LogP contribution is -2.48. The summed E-state index contributed by atoms with van der Waals surface area (Å²) in [6.45, 7) is 7.63. The minimum atomic E-state index is 0. The van der Waals surface area contributed by atoms with E-state index >= 15 is 0 Å². The molecule has 1 unspecified atom stereocenters. The summed E-state index contributed by atoms with van der Waals surface area (Å²) in [5, 5.41) is 3.72. The molecule has 1 heterocycles. The number of nitrogens with one attached hydrogen (secondary N) is 1. The highest BCUT2D eigenvalue weighted by Crippen LogP contribution is 2.33. The monoisotopic (exact) mass is 370 g/mol. The number of likely N-dealkylation sites (tertiary alicyclic amines) is 1. The Bertz CT molecular complexity index is 397. The fourth-order valence-electron chi connectivity index (χ4n) is 4.63. The van der Waals surface area contributed by atoms with Gasteiger partial charge in [-0.1, -0.05) is 46.0 Å². The van der Waals surface area contributed by atoms with Crippen molar-refractivity contribution in [3.05, 3.63) is 0 Å². The highest BCUT2D eigenvalue weighted by Gasteiger charge is 2.32. The Kier molecular flexibility index (Phi) is 8.54. The van der Waals surface area contributed by atoms with E-state index in [-0.39, 0.29) is 18.3 Å². The van der Waals surface area contributed by atoms with Crippen LogP contribution in [-0.2, 0) is 4.79 Å². The van der Waals surface area contributed by atoms with E-state index in [1.165, 1.54) is 51.5 Å². The van der Waals surface area contributed by atoms with E-state index in [9.17, 15) is 4.79 Å². The molecule has 1 N–H and O–H groups in total. The number of nitrogens with zero attached hydrogens (tertiary/aromatic N) is 1. The smallest absolute Gasteiger partial charge is 0.225 e. The maximum Gasteiger partial charge on any atom is 0.225 e. The minimum Gasteiger partial charge on any atom is -0.342 e. The Morgan fingerprint density at radius 2 is 1.60 bits per heavy atom. The first-order valence-corrected chi connectivity index (χ1v) is 10.7. The van der Waals surface area contributed by atoms with Crippen LogP contribution in [0.2, 0.25) is 0 Å². The summed E-state index contributed by atoms with van der Waals surface area (Å²) >= 11 is 0. The second-order valence-corrected chi connectivity index (χ2v) is 9.04. The molecule has 0 aromatic rings. The average molecular weight is 371 g/mol. The van der Waals surface area contributed by atoms with Gasteiger partial charge in [0.1, 0.15) is 0 Å². The van der Waals surface area contributed by atoms with Gasteiger partial charge in [-0.15, -0.1) is 12.4 Å². The molecule has 2 aliphatic carbocycles. The normalized spacial score (nSPS) is 24.2. The summed E-state index contributed by atoms with van der Waals surface area (Å²) in [4.78, 5) is 15.3. The Morgan fingerprint density at radius 1 is 0.960 bits per heavy atom. The van der Waals surface area contributed by atoms with Gasteiger partial charge in [0.2, 0.25) is 5.91 Å². The van der Waals surface area contributed by atoms with E-state index in [4.69, 9.17) is 0 Å². The predicted octanol–water partition coefficient (Wildman–Crippen LogP) is 4.64. The summed E-state index contributed by atoms with van der Waals surface area (Å²) in [5.74, 6) is 2.93. The van der Waals surface area contributed by atoms with Crippen molar-refractivity contribution in [2.45, 2.75) is 84.1 Å². The fraction of sp³-hybridized carbons (Fsp3) is 0.952. The van der Waals surface area contributed by atoms with E-state index in [0.29, 0.717) is 17.9 Å². The molecule has 25 heavy (non-hydrogen) atoms. The van der Waals surface area contributed by atoms with Crippen molar-refractivity contribution in [1.82, 2.24) is 10.2 Å². The van der Waals surface area contributed by atoms with Crippen molar-refractivity contribution in [2.24, 2.45) is 23.7 Å². The molecule has 4 heteroatoms. The summed E-state index contributed by atoms with van der Waals surface area (Å²) < 4.78 is 0. The zero-order valence-electron chi connectivity index (χ0n) is 16.3. The van der Waals surface area contributed by atoms with Crippen LogP contribution in [0, 0.1) is 23.7 Å². The molecule has 1 saturated heterocycles. The molecular weight excluding hydrogens is 332 g/mol. The third-order valence-electron chi connectivity index (χ3n) is 6.63. The molecule has 3 rings (SSSR count). The molecule has 0 aromatic carbocycles. The molecule has 0 bridgehead atoms. The van der Waals surface area contributed by atoms with Gasteiger partial charge < -0.3 is 10.2 Å². The summed E-state index contributed by atoms with van der Waals surface area (Å²) in [7, 11) is 0. The van der Waals surface area contributed by atoms with Crippen molar-refractivity contribution in [3.63, 3.8) is 0 Å². The topological polar surface area (TPSA) is 32.3 Å². The number of piperidine rings is 1. The molecular formula is C21H39ClN2O. The molecule has 0 aromatic heterocycles. The van der Waals surface area contributed by atoms with Crippen LogP contribution in [-0.4, -0.2) is 36.5 Å². The quantitative estimate of drug-likeness (QED) is 0.707. The number of hydrogen-bond donors (Lipinski definition) is 1. The third kappa shape index (κ3) is 6.43. The first kappa shape index (κ1) is 21.0. The van der Waals surface area contributed by atoms with Gasteiger partial charge in [0.25, 0.3) is 0 Å². The van der Waals surface area contributed by atoms with Gasteiger partial charge in [-0.05, 0) is 56.4 Å². The highest BCUT2D eigenvalue weighted by atomic mass is 35.5. The van der Waals surface area contributed by atoms with Gasteiger partial charge in [-0.3, -0.25) is 4.79 Å². The maximum absolute atomic E-state index is 13.1. The molecule has 1 atom stereocenters. The summed E-state index contributed by atoms with van der Waals surface area (Å²) in [6.07, 6.45) is 13.1. The van der Waals surface area contributed by atoms with E-state index in [1.807, 2.05) is 0 Å². The number of halogens is 1. The number of amides is 1. The molecule has 146 valence electrons. The van der Waals surface area contributed by atoms with Crippen LogP contribution < -0.4 is 5.32 Å². The van der Waals surface area contributed by atoms with E-state index in [1.54, 1.807) is 0 Å². The Balaban J connectivity index is 0.00000225. The SMILES string of the molecule is CC(C)C(CC1CCCCC1)C(=O)N1CCC(NCC2CC2)CC1.Cl. The first-order valence-electron chi connectivity index (χ1n) is 10.7. The van der Waals surface area contributed by atoms with Crippen LogP contribution in [0.3, 0.4) is 0 Å². The van der Waals surface area contributed by atoms with Crippen LogP contribution >= 0.6 is 12.4 Å². The Hall–Kier alpha value is -0.280. The third-order valence-corrected chi connectivity index (χ3v) is 6.63. The number of rotatable bonds is 7. The molecule has 1 amide bonds.